The number of aryl methyl sites for hydroxylation is 1. The molecule has 0 saturated carbocycles. The van der Waals surface area contributed by atoms with Crippen molar-refractivity contribution in [1.82, 2.24) is 15.2 Å². The molecule has 0 aliphatic heterocycles. The highest BCUT2D eigenvalue weighted by Gasteiger charge is 2.06. The first-order chi connectivity index (χ1) is 7.38. The van der Waals surface area contributed by atoms with Gasteiger partial charge in [0.1, 0.15) is 5.01 Å². The van der Waals surface area contributed by atoms with Gasteiger partial charge < -0.3 is 0 Å². The molecule has 0 unspecified atom stereocenters. The van der Waals surface area contributed by atoms with Gasteiger partial charge in [0.15, 0.2) is 8.68 Å². The lowest BCUT2D eigenvalue weighted by atomic mass is 10.3. The van der Waals surface area contributed by atoms with E-state index in [2.05, 4.69) is 22.1 Å². The topological polar surface area (TPSA) is 38.7 Å². The Bertz CT molecular complexity index is 396. The molecule has 0 atom stereocenters. The fraction of sp³-hybridized carbons (Fsp3) is 0.444. The van der Waals surface area contributed by atoms with E-state index in [0.29, 0.717) is 0 Å². The number of hydrogen-bond donors (Lipinski definition) is 0. The van der Waals surface area contributed by atoms with Gasteiger partial charge in [0.05, 0.1) is 0 Å². The summed E-state index contributed by atoms with van der Waals surface area (Å²) in [7, 11) is 0. The zero-order valence-corrected chi connectivity index (χ0v) is 10.8. The average molecular weight is 257 g/mol. The number of rotatable bonds is 5. The molecule has 0 amide bonds. The Kier molecular flexibility index (Phi) is 4.10. The van der Waals surface area contributed by atoms with Crippen molar-refractivity contribution in [3.63, 3.8) is 0 Å². The van der Waals surface area contributed by atoms with E-state index in [4.69, 9.17) is 0 Å². The molecule has 2 aromatic heterocycles. The zero-order chi connectivity index (χ0) is 10.5. The molecule has 2 rings (SSSR count). The summed E-state index contributed by atoms with van der Waals surface area (Å²) in [6.45, 7) is 2.19. The fourth-order valence-corrected chi connectivity index (χ4v) is 3.81. The first kappa shape index (κ1) is 11.0. The second-order valence-corrected chi connectivity index (χ2v) is 6.42. The maximum Gasteiger partial charge on any atom is 0.181 e. The van der Waals surface area contributed by atoms with Crippen LogP contribution in [0.25, 0.3) is 0 Å². The Morgan fingerprint density at radius 1 is 1.33 bits per heavy atom. The maximum atomic E-state index is 4.20. The summed E-state index contributed by atoms with van der Waals surface area (Å²) in [5.74, 6) is 0. The van der Waals surface area contributed by atoms with Crippen molar-refractivity contribution in [2.24, 2.45) is 0 Å². The summed E-state index contributed by atoms with van der Waals surface area (Å²) in [4.78, 5) is 4.20. The van der Waals surface area contributed by atoms with E-state index in [0.717, 1.165) is 20.1 Å². The summed E-state index contributed by atoms with van der Waals surface area (Å²) in [6.07, 6.45) is 5.25. The first-order valence-corrected chi connectivity index (χ1v) is 7.29. The minimum Gasteiger partial charge on any atom is -0.238 e. The summed E-state index contributed by atoms with van der Waals surface area (Å²) in [5.41, 5.74) is 0. The highest BCUT2D eigenvalue weighted by molar-refractivity contribution is 8.02. The van der Waals surface area contributed by atoms with E-state index in [-0.39, 0.29) is 0 Å². The molecule has 2 heterocycles. The summed E-state index contributed by atoms with van der Waals surface area (Å²) >= 11 is 4.91. The molecule has 0 saturated heterocycles. The summed E-state index contributed by atoms with van der Waals surface area (Å²) in [6, 6.07) is 0. The second kappa shape index (κ2) is 5.58. The van der Waals surface area contributed by atoms with Gasteiger partial charge in [-0.05, 0) is 18.2 Å². The standard InChI is InChI=1S/C9H11N3S3/c1-2-3-4-7-11-12-9(14-7)15-8-10-5-6-13-8/h5-6H,2-4H2,1H3. The molecule has 0 spiro atoms. The molecule has 0 fully saturated rings. The van der Waals surface area contributed by atoms with Gasteiger partial charge in [0.2, 0.25) is 0 Å². The smallest absolute Gasteiger partial charge is 0.181 e. The van der Waals surface area contributed by atoms with E-state index in [1.54, 1.807) is 34.4 Å². The van der Waals surface area contributed by atoms with Gasteiger partial charge >= 0.3 is 0 Å². The molecule has 6 heteroatoms. The largest absolute Gasteiger partial charge is 0.238 e. The monoisotopic (exact) mass is 257 g/mol. The lowest BCUT2D eigenvalue weighted by Crippen LogP contribution is -1.81. The van der Waals surface area contributed by atoms with E-state index >= 15 is 0 Å². The Labute approximate surface area is 101 Å². The maximum absolute atomic E-state index is 4.20. The molecule has 0 radical (unpaired) electrons. The Balaban J connectivity index is 1.95. The number of unbranched alkanes of at least 4 members (excludes halogenated alkanes) is 1. The summed E-state index contributed by atoms with van der Waals surface area (Å²) in [5, 5.41) is 11.4. The molecule has 3 nitrogen and oxygen atoms in total. The van der Waals surface area contributed by atoms with E-state index in [1.807, 2.05) is 11.6 Å². The van der Waals surface area contributed by atoms with Gasteiger partial charge in [-0.15, -0.1) is 21.5 Å². The molecule has 15 heavy (non-hydrogen) atoms. The number of thiazole rings is 1. The van der Waals surface area contributed by atoms with Gasteiger partial charge in [-0.3, -0.25) is 0 Å². The molecule has 0 N–H and O–H groups in total. The Morgan fingerprint density at radius 3 is 3.00 bits per heavy atom. The average Bonchev–Trinajstić information content (AvgIpc) is 2.87. The van der Waals surface area contributed by atoms with Crippen LogP contribution in [-0.2, 0) is 6.42 Å². The van der Waals surface area contributed by atoms with Crippen LogP contribution in [0, 0.1) is 0 Å². The number of aromatic nitrogens is 3. The Morgan fingerprint density at radius 2 is 2.27 bits per heavy atom. The van der Waals surface area contributed by atoms with E-state index in [9.17, 15) is 0 Å². The summed E-state index contributed by atoms with van der Waals surface area (Å²) < 4.78 is 2.03. The number of nitrogens with zero attached hydrogens (tertiary/aromatic N) is 3. The van der Waals surface area contributed by atoms with Crippen LogP contribution in [0.2, 0.25) is 0 Å². The molecule has 0 aliphatic rings. The SMILES string of the molecule is CCCCc1nnc(Sc2nccs2)s1. The minimum absolute atomic E-state index is 0.996. The highest BCUT2D eigenvalue weighted by atomic mass is 32.2. The van der Waals surface area contributed by atoms with Gasteiger partial charge in [-0.25, -0.2) is 4.98 Å². The zero-order valence-electron chi connectivity index (χ0n) is 8.34. The molecule has 0 aliphatic carbocycles. The highest BCUT2D eigenvalue weighted by Crippen LogP contribution is 2.31. The van der Waals surface area contributed by atoms with Gasteiger partial charge in [-0.2, -0.15) is 0 Å². The van der Waals surface area contributed by atoms with Crippen LogP contribution in [0.15, 0.2) is 20.3 Å². The lowest BCUT2D eigenvalue weighted by molar-refractivity contribution is 0.777. The molecule has 2 aromatic rings. The van der Waals surface area contributed by atoms with Crippen LogP contribution >= 0.6 is 34.4 Å². The normalized spacial score (nSPS) is 10.7. The molecular formula is C9H11N3S3. The van der Waals surface area contributed by atoms with Crippen LogP contribution in [0.3, 0.4) is 0 Å². The third-order valence-corrected chi connectivity index (χ3v) is 4.69. The van der Waals surface area contributed by atoms with Crippen LogP contribution in [0.5, 0.6) is 0 Å². The second-order valence-electron chi connectivity index (χ2n) is 2.97. The van der Waals surface area contributed by atoms with Crippen molar-refractivity contribution in [1.29, 1.82) is 0 Å². The third-order valence-electron chi connectivity index (χ3n) is 1.78. The predicted molar refractivity (Wildman–Crippen MR) is 64.8 cm³/mol. The van der Waals surface area contributed by atoms with Crippen molar-refractivity contribution >= 4 is 34.4 Å². The van der Waals surface area contributed by atoms with Crippen molar-refractivity contribution in [3.8, 4) is 0 Å². The quantitative estimate of drug-likeness (QED) is 0.822. The lowest BCUT2D eigenvalue weighted by Gasteiger charge is -1.89. The van der Waals surface area contributed by atoms with Crippen LogP contribution in [0.4, 0.5) is 0 Å². The van der Waals surface area contributed by atoms with Crippen molar-refractivity contribution in [2.75, 3.05) is 0 Å². The Hall–Kier alpha value is -0.460. The molecule has 0 aromatic carbocycles. The number of hydrogen-bond acceptors (Lipinski definition) is 6. The van der Waals surface area contributed by atoms with Gasteiger partial charge in [0.25, 0.3) is 0 Å². The van der Waals surface area contributed by atoms with Crippen LogP contribution in [-0.4, -0.2) is 15.2 Å². The van der Waals surface area contributed by atoms with Crippen LogP contribution in [0.1, 0.15) is 24.8 Å². The first-order valence-electron chi connectivity index (χ1n) is 4.78. The predicted octanol–water partition coefficient (Wildman–Crippen LogP) is 3.49. The minimum atomic E-state index is 0.996. The molecule has 80 valence electrons. The fourth-order valence-electron chi connectivity index (χ4n) is 1.04. The molecular weight excluding hydrogens is 246 g/mol. The third kappa shape index (κ3) is 3.25. The van der Waals surface area contributed by atoms with Gasteiger partial charge in [-0.1, -0.05) is 24.7 Å². The van der Waals surface area contributed by atoms with Crippen molar-refractivity contribution in [3.05, 3.63) is 16.6 Å². The van der Waals surface area contributed by atoms with Gasteiger partial charge in [0, 0.05) is 18.0 Å². The molecule has 0 bridgehead atoms. The van der Waals surface area contributed by atoms with E-state index < -0.39 is 0 Å². The van der Waals surface area contributed by atoms with Crippen LogP contribution < -0.4 is 0 Å². The van der Waals surface area contributed by atoms with Crippen molar-refractivity contribution < 1.29 is 0 Å². The van der Waals surface area contributed by atoms with Crippen molar-refractivity contribution in [2.45, 2.75) is 34.9 Å². The van der Waals surface area contributed by atoms with E-state index in [1.165, 1.54) is 12.8 Å².